The molecule has 15 heavy (non-hydrogen) atoms. The average Bonchev–Trinajstić information content (AvgIpc) is 2.27. The Kier molecular flexibility index (Phi) is 6.57. The molecule has 0 bridgehead atoms. The van der Waals surface area contributed by atoms with Crippen LogP contribution in [0.2, 0.25) is 0 Å². The second-order valence-electron chi connectivity index (χ2n) is 4.96. The minimum absolute atomic E-state index is 0.724. The van der Waals surface area contributed by atoms with Gasteiger partial charge in [0.25, 0.3) is 0 Å². The van der Waals surface area contributed by atoms with Gasteiger partial charge in [-0.1, -0.05) is 39.0 Å². The molecule has 0 N–H and O–H groups in total. The zero-order valence-corrected chi connectivity index (χ0v) is 10.5. The Bertz CT molecular complexity index is 198. The first kappa shape index (κ1) is 12.6. The molecule has 0 spiro atoms. The summed E-state index contributed by atoms with van der Waals surface area (Å²) in [7, 11) is 0. The molecule has 0 heteroatoms. The average molecular weight is 206 g/mol. The summed E-state index contributed by atoms with van der Waals surface area (Å²) in [6.45, 7) is 4.26. The van der Waals surface area contributed by atoms with E-state index in [-0.39, 0.29) is 0 Å². The van der Waals surface area contributed by atoms with Gasteiger partial charge in [-0.2, -0.15) is 0 Å². The lowest BCUT2D eigenvalue weighted by Crippen LogP contribution is -2.13. The molecule has 1 fully saturated rings. The van der Waals surface area contributed by atoms with E-state index in [1.165, 1.54) is 57.8 Å². The van der Waals surface area contributed by atoms with Crippen LogP contribution in [0.1, 0.15) is 71.6 Å². The summed E-state index contributed by atoms with van der Waals surface area (Å²) in [4.78, 5) is 0. The standard InChI is InChI=1S/C15H26/c1-3-5-6-7-9-15-12-10-14(8-4-2)11-13-15/h14-15H,3,5-7,9-13H2,1-2H3. The van der Waals surface area contributed by atoms with Gasteiger partial charge in [0.05, 0.1) is 0 Å². The van der Waals surface area contributed by atoms with E-state index in [9.17, 15) is 0 Å². The van der Waals surface area contributed by atoms with Crippen molar-refractivity contribution < 1.29 is 0 Å². The lowest BCUT2D eigenvalue weighted by Gasteiger charge is -2.25. The highest BCUT2D eigenvalue weighted by Crippen LogP contribution is 2.31. The third kappa shape index (κ3) is 5.26. The van der Waals surface area contributed by atoms with Crippen molar-refractivity contribution in [2.24, 2.45) is 11.8 Å². The first-order chi connectivity index (χ1) is 7.36. The fourth-order valence-electron chi connectivity index (χ4n) is 2.66. The predicted molar refractivity (Wildman–Crippen MR) is 67.7 cm³/mol. The summed E-state index contributed by atoms with van der Waals surface area (Å²) in [6, 6.07) is 0. The van der Waals surface area contributed by atoms with Crippen molar-refractivity contribution in [2.75, 3.05) is 0 Å². The third-order valence-corrected chi connectivity index (χ3v) is 3.66. The molecule has 0 nitrogen and oxygen atoms in total. The molecule has 0 aromatic heterocycles. The van der Waals surface area contributed by atoms with Gasteiger partial charge in [0.15, 0.2) is 0 Å². The minimum atomic E-state index is 0.724. The minimum Gasteiger partial charge on any atom is -0.106 e. The van der Waals surface area contributed by atoms with E-state index in [4.69, 9.17) is 0 Å². The molecule has 0 radical (unpaired) electrons. The van der Waals surface area contributed by atoms with Gasteiger partial charge in [-0.25, -0.2) is 0 Å². The summed E-state index contributed by atoms with van der Waals surface area (Å²) < 4.78 is 0. The summed E-state index contributed by atoms with van der Waals surface area (Å²) in [5.74, 6) is 8.14. The van der Waals surface area contributed by atoms with Crippen LogP contribution in [-0.4, -0.2) is 0 Å². The molecule has 1 aliphatic rings. The van der Waals surface area contributed by atoms with Crippen molar-refractivity contribution in [2.45, 2.75) is 71.6 Å². The molecule has 0 heterocycles. The SMILES string of the molecule is CC#CC1CCC(CCCCCC)CC1. The molecular weight excluding hydrogens is 180 g/mol. The van der Waals surface area contributed by atoms with E-state index in [2.05, 4.69) is 18.8 Å². The van der Waals surface area contributed by atoms with Crippen LogP contribution in [0.4, 0.5) is 0 Å². The van der Waals surface area contributed by atoms with Crippen LogP contribution >= 0.6 is 0 Å². The molecule has 86 valence electrons. The first-order valence-electron chi connectivity index (χ1n) is 6.79. The highest BCUT2D eigenvalue weighted by atomic mass is 14.2. The van der Waals surface area contributed by atoms with Crippen LogP contribution in [0.15, 0.2) is 0 Å². The summed E-state index contributed by atoms with van der Waals surface area (Å²) in [6.07, 6.45) is 12.8. The zero-order valence-electron chi connectivity index (χ0n) is 10.5. The Balaban J connectivity index is 2.06. The molecule has 0 atom stereocenters. The monoisotopic (exact) mass is 206 g/mol. The van der Waals surface area contributed by atoms with Gasteiger partial charge < -0.3 is 0 Å². The first-order valence-corrected chi connectivity index (χ1v) is 6.79. The van der Waals surface area contributed by atoms with Crippen molar-refractivity contribution in [3.05, 3.63) is 0 Å². The highest BCUT2D eigenvalue weighted by molar-refractivity contribution is 5.02. The fraction of sp³-hybridized carbons (Fsp3) is 0.867. The Morgan fingerprint density at radius 1 is 1.00 bits per heavy atom. The third-order valence-electron chi connectivity index (χ3n) is 3.66. The summed E-state index contributed by atoms with van der Waals surface area (Å²) in [5, 5.41) is 0. The van der Waals surface area contributed by atoms with E-state index in [0.717, 1.165) is 11.8 Å². The lowest BCUT2D eigenvalue weighted by molar-refractivity contribution is 0.294. The largest absolute Gasteiger partial charge is 0.106 e. The number of hydrogen-bond acceptors (Lipinski definition) is 0. The van der Waals surface area contributed by atoms with E-state index < -0.39 is 0 Å². The fourth-order valence-corrected chi connectivity index (χ4v) is 2.66. The van der Waals surface area contributed by atoms with Crippen LogP contribution in [0, 0.1) is 23.7 Å². The second kappa shape index (κ2) is 7.80. The van der Waals surface area contributed by atoms with Crippen molar-refractivity contribution in [3.8, 4) is 11.8 Å². The number of unbranched alkanes of at least 4 members (excludes halogenated alkanes) is 3. The Morgan fingerprint density at radius 3 is 2.33 bits per heavy atom. The molecule has 1 aliphatic carbocycles. The van der Waals surface area contributed by atoms with E-state index in [0.29, 0.717) is 0 Å². The number of rotatable bonds is 5. The van der Waals surface area contributed by atoms with Crippen molar-refractivity contribution in [3.63, 3.8) is 0 Å². The van der Waals surface area contributed by atoms with Gasteiger partial charge in [-0.05, 0) is 38.5 Å². The lowest BCUT2D eigenvalue weighted by atomic mass is 9.80. The topological polar surface area (TPSA) is 0 Å². The van der Waals surface area contributed by atoms with Crippen LogP contribution in [-0.2, 0) is 0 Å². The van der Waals surface area contributed by atoms with Crippen LogP contribution < -0.4 is 0 Å². The van der Waals surface area contributed by atoms with Gasteiger partial charge in [0.1, 0.15) is 0 Å². The van der Waals surface area contributed by atoms with Crippen molar-refractivity contribution in [1.29, 1.82) is 0 Å². The van der Waals surface area contributed by atoms with E-state index in [1.54, 1.807) is 0 Å². The van der Waals surface area contributed by atoms with Gasteiger partial charge in [-0.15, -0.1) is 11.8 Å². The van der Waals surface area contributed by atoms with E-state index >= 15 is 0 Å². The predicted octanol–water partition coefficient (Wildman–Crippen LogP) is 4.79. The molecule has 0 aliphatic heterocycles. The van der Waals surface area contributed by atoms with Gasteiger partial charge in [0.2, 0.25) is 0 Å². The van der Waals surface area contributed by atoms with Crippen LogP contribution in [0.25, 0.3) is 0 Å². The van der Waals surface area contributed by atoms with Crippen LogP contribution in [0.5, 0.6) is 0 Å². The molecule has 1 rings (SSSR count). The summed E-state index contributed by atoms with van der Waals surface area (Å²) in [5.41, 5.74) is 0. The zero-order chi connectivity index (χ0) is 10.9. The van der Waals surface area contributed by atoms with Crippen molar-refractivity contribution in [1.82, 2.24) is 0 Å². The normalized spacial score (nSPS) is 25.7. The van der Waals surface area contributed by atoms with Gasteiger partial charge >= 0.3 is 0 Å². The molecule has 1 saturated carbocycles. The molecule has 0 aromatic rings. The quantitative estimate of drug-likeness (QED) is 0.448. The molecule has 0 amide bonds. The molecular formula is C15H26. The Hall–Kier alpha value is -0.440. The second-order valence-corrected chi connectivity index (χ2v) is 4.96. The molecule has 0 unspecified atom stereocenters. The Morgan fingerprint density at radius 2 is 1.73 bits per heavy atom. The number of hydrogen-bond donors (Lipinski definition) is 0. The van der Waals surface area contributed by atoms with Gasteiger partial charge in [0, 0.05) is 5.92 Å². The Labute approximate surface area is 95.8 Å². The van der Waals surface area contributed by atoms with Crippen molar-refractivity contribution >= 4 is 0 Å². The smallest absolute Gasteiger partial charge is 0.0203 e. The van der Waals surface area contributed by atoms with E-state index in [1.807, 2.05) is 6.92 Å². The van der Waals surface area contributed by atoms with Crippen LogP contribution in [0.3, 0.4) is 0 Å². The maximum absolute atomic E-state index is 3.33. The maximum atomic E-state index is 3.33. The molecule has 0 aromatic carbocycles. The summed E-state index contributed by atoms with van der Waals surface area (Å²) >= 11 is 0. The van der Waals surface area contributed by atoms with Gasteiger partial charge in [-0.3, -0.25) is 0 Å². The molecule has 0 saturated heterocycles. The maximum Gasteiger partial charge on any atom is 0.0203 e. The highest BCUT2D eigenvalue weighted by Gasteiger charge is 2.18.